The van der Waals surface area contributed by atoms with Gasteiger partial charge in [-0.1, -0.05) is 48.5 Å². The van der Waals surface area contributed by atoms with Gasteiger partial charge in [-0.25, -0.2) is 0 Å². The molecule has 2 aromatic carbocycles. The molecule has 1 aliphatic heterocycles. The molecule has 0 bridgehead atoms. The number of benzene rings is 2. The van der Waals surface area contributed by atoms with Gasteiger partial charge < -0.3 is 9.47 Å². The summed E-state index contributed by atoms with van der Waals surface area (Å²) in [5, 5.41) is 17.0. The van der Waals surface area contributed by atoms with Crippen LogP contribution < -0.4 is 0 Å². The van der Waals surface area contributed by atoms with Crippen LogP contribution in [0.4, 0.5) is 5.69 Å². The molecule has 1 unspecified atom stereocenters. The maximum Gasteiger partial charge on any atom is 0.234 e. The van der Waals surface area contributed by atoms with Crippen molar-refractivity contribution in [2.45, 2.75) is 33.6 Å². The number of rotatable bonds is 6. The van der Waals surface area contributed by atoms with E-state index in [4.69, 9.17) is 10.2 Å². The molecule has 4 rings (SSSR count). The van der Waals surface area contributed by atoms with Crippen molar-refractivity contribution in [3.63, 3.8) is 0 Å². The monoisotopic (exact) mass is 374 g/mol. The maximum absolute atomic E-state index is 4.80. The van der Waals surface area contributed by atoms with Gasteiger partial charge in [-0.05, 0) is 26.8 Å². The molecule has 0 aliphatic carbocycles. The zero-order valence-corrected chi connectivity index (χ0v) is 16.7. The van der Waals surface area contributed by atoms with E-state index < -0.39 is 0 Å². The second kappa shape index (κ2) is 7.84. The third-order valence-electron chi connectivity index (χ3n) is 5.17. The first kappa shape index (κ1) is 18.2. The fraction of sp³-hybridized carbons (Fsp3) is 0.318. The molecule has 3 aromatic rings. The number of aryl methyl sites for hydroxylation is 1. The van der Waals surface area contributed by atoms with Gasteiger partial charge in [-0.15, -0.1) is 10.2 Å². The predicted molar refractivity (Wildman–Crippen MR) is 115 cm³/mol. The van der Waals surface area contributed by atoms with Crippen molar-refractivity contribution in [2.24, 2.45) is 15.3 Å². The van der Waals surface area contributed by atoms with Gasteiger partial charge in [0.1, 0.15) is 12.0 Å². The fourth-order valence-electron chi connectivity index (χ4n) is 3.75. The van der Waals surface area contributed by atoms with Crippen LogP contribution in [0.15, 0.2) is 69.9 Å². The minimum absolute atomic E-state index is 0.192. The molecule has 144 valence electrons. The summed E-state index contributed by atoms with van der Waals surface area (Å²) in [7, 11) is 0. The Bertz CT molecular complexity index is 991. The Morgan fingerprint density at radius 2 is 1.64 bits per heavy atom. The Kier molecular flexibility index (Phi) is 5.10. The average Bonchev–Trinajstić information content (AvgIpc) is 3.30. The largest absolute Gasteiger partial charge is 0.339 e. The summed E-state index contributed by atoms with van der Waals surface area (Å²) in [5.74, 6) is 0. The molecular formula is C22H26N6. The van der Waals surface area contributed by atoms with E-state index in [1.165, 1.54) is 5.52 Å². The molecule has 6 nitrogen and oxygen atoms in total. The first-order valence-corrected chi connectivity index (χ1v) is 9.92. The number of aromatic nitrogens is 1. The molecule has 6 heteroatoms. The lowest BCUT2D eigenvalue weighted by molar-refractivity contribution is 0.143. The van der Waals surface area contributed by atoms with Crippen molar-refractivity contribution >= 4 is 22.9 Å². The van der Waals surface area contributed by atoms with E-state index in [9.17, 15) is 0 Å². The van der Waals surface area contributed by atoms with E-state index in [0.29, 0.717) is 0 Å². The Balaban J connectivity index is 1.86. The maximum atomic E-state index is 4.80. The highest BCUT2D eigenvalue weighted by molar-refractivity contribution is 6.00. The van der Waals surface area contributed by atoms with Crippen LogP contribution >= 0.6 is 0 Å². The average molecular weight is 374 g/mol. The molecule has 0 amide bonds. The van der Waals surface area contributed by atoms with Crippen LogP contribution in [0.25, 0.3) is 22.2 Å². The molecule has 2 heterocycles. The van der Waals surface area contributed by atoms with Crippen molar-refractivity contribution in [3.05, 3.63) is 54.6 Å². The lowest BCUT2D eigenvalue weighted by Gasteiger charge is -2.24. The normalized spacial score (nSPS) is 16.8. The molecule has 0 saturated heterocycles. The van der Waals surface area contributed by atoms with Gasteiger partial charge in [0, 0.05) is 30.6 Å². The number of nitrogens with zero attached hydrogens (tertiary/aromatic N) is 6. The number of para-hydroxylation sites is 1. The van der Waals surface area contributed by atoms with E-state index in [1.807, 2.05) is 17.4 Å². The number of azo groups is 1. The molecule has 1 aliphatic rings. The number of hydrogen-bond donors (Lipinski definition) is 0. The molecule has 0 fully saturated rings. The van der Waals surface area contributed by atoms with E-state index >= 15 is 0 Å². The summed E-state index contributed by atoms with van der Waals surface area (Å²) in [5.41, 5.74) is 4.36. The summed E-state index contributed by atoms with van der Waals surface area (Å²) >= 11 is 0. The van der Waals surface area contributed by atoms with E-state index in [0.717, 1.165) is 42.0 Å². The summed E-state index contributed by atoms with van der Waals surface area (Å²) < 4.78 is 2.32. The highest BCUT2D eigenvalue weighted by Crippen LogP contribution is 2.40. The minimum atomic E-state index is -0.192. The highest BCUT2D eigenvalue weighted by atomic mass is 15.7. The van der Waals surface area contributed by atoms with E-state index in [-0.39, 0.29) is 6.29 Å². The van der Waals surface area contributed by atoms with Crippen molar-refractivity contribution < 1.29 is 0 Å². The summed E-state index contributed by atoms with van der Waals surface area (Å²) in [4.78, 5) is 2.09. The van der Waals surface area contributed by atoms with Crippen LogP contribution in [0.3, 0.4) is 0 Å². The third-order valence-corrected chi connectivity index (χ3v) is 5.17. The molecule has 0 saturated carbocycles. The standard InChI is InChI=1S/C22H26N6/c1-4-26-16-23-28(6-3)22(26)25-24-20-18-14-10-11-15-19(18)27(5-2)21(20)17-12-8-7-9-13-17/h7-16,22H,4-6H2,1-3H3. The highest BCUT2D eigenvalue weighted by Gasteiger charge is 2.26. The first-order chi connectivity index (χ1) is 13.8. The predicted octanol–water partition coefficient (Wildman–Crippen LogP) is 5.30. The molecule has 1 aromatic heterocycles. The van der Waals surface area contributed by atoms with Crippen molar-refractivity contribution in [1.29, 1.82) is 0 Å². The molecule has 0 N–H and O–H groups in total. The zero-order valence-electron chi connectivity index (χ0n) is 16.7. The van der Waals surface area contributed by atoms with Crippen molar-refractivity contribution in [2.75, 3.05) is 13.1 Å². The molecule has 28 heavy (non-hydrogen) atoms. The van der Waals surface area contributed by atoms with E-state index in [2.05, 4.69) is 83.9 Å². The van der Waals surface area contributed by atoms with E-state index in [1.54, 1.807) is 0 Å². The Hall–Kier alpha value is -3.15. The topological polar surface area (TPSA) is 48.5 Å². The van der Waals surface area contributed by atoms with Gasteiger partial charge >= 0.3 is 0 Å². The Morgan fingerprint density at radius 3 is 2.36 bits per heavy atom. The summed E-state index contributed by atoms with van der Waals surface area (Å²) in [6, 6.07) is 18.9. The van der Waals surface area contributed by atoms with Gasteiger partial charge in [-0.2, -0.15) is 5.10 Å². The number of fused-ring (bicyclic) bond motifs is 1. The summed E-state index contributed by atoms with van der Waals surface area (Å²) in [6.07, 6.45) is 1.66. The van der Waals surface area contributed by atoms with Crippen LogP contribution in [-0.4, -0.2) is 40.2 Å². The van der Waals surface area contributed by atoms with Gasteiger partial charge in [0.2, 0.25) is 6.29 Å². The third kappa shape index (κ3) is 3.05. The summed E-state index contributed by atoms with van der Waals surface area (Å²) in [6.45, 7) is 8.85. The van der Waals surface area contributed by atoms with Gasteiger partial charge in [-0.3, -0.25) is 5.01 Å². The van der Waals surface area contributed by atoms with Crippen molar-refractivity contribution in [1.82, 2.24) is 14.5 Å². The minimum Gasteiger partial charge on any atom is -0.339 e. The second-order valence-electron chi connectivity index (χ2n) is 6.70. The van der Waals surface area contributed by atoms with Gasteiger partial charge in [0.25, 0.3) is 0 Å². The zero-order chi connectivity index (χ0) is 19.5. The van der Waals surface area contributed by atoms with Crippen LogP contribution in [0.2, 0.25) is 0 Å². The second-order valence-corrected chi connectivity index (χ2v) is 6.70. The van der Waals surface area contributed by atoms with Crippen LogP contribution in [0, 0.1) is 0 Å². The molecule has 0 spiro atoms. The SMILES string of the molecule is CCN1C=NN(CC)C1N=Nc1c(-c2ccccc2)n(CC)c2ccccc12. The smallest absolute Gasteiger partial charge is 0.234 e. The van der Waals surface area contributed by atoms with Gasteiger partial charge in [0.15, 0.2) is 0 Å². The van der Waals surface area contributed by atoms with Crippen molar-refractivity contribution in [3.8, 4) is 11.3 Å². The number of hydrogen-bond acceptors (Lipinski definition) is 5. The lowest BCUT2D eigenvalue weighted by Crippen LogP contribution is -2.37. The first-order valence-electron chi connectivity index (χ1n) is 9.92. The fourth-order valence-corrected chi connectivity index (χ4v) is 3.75. The molecule has 0 radical (unpaired) electrons. The Morgan fingerprint density at radius 1 is 0.893 bits per heavy atom. The number of hydrazone groups is 1. The Labute approximate surface area is 165 Å². The van der Waals surface area contributed by atoms with Crippen LogP contribution in [0.1, 0.15) is 20.8 Å². The van der Waals surface area contributed by atoms with Crippen LogP contribution in [0.5, 0.6) is 0 Å². The van der Waals surface area contributed by atoms with Crippen LogP contribution in [-0.2, 0) is 6.54 Å². The van der Waals surface area contributed by atoms with Gasteiger partial charge in [0.05, 0.1) is 11.2 Å². The quantitative estimate of drug-likeness (QED) is 0.550. The molecular weight excluding hydrogens is 348 g/mol. The molecule has 1 atom stereocenters. The lowest BCUT2D eigenvalue weighted by atomic mass is 10.1.